The zero-order chi connectivity index (χ0) is 14.4. The van der Waals surface area contributed by atoms with E-state index in [1.54, 1.807) is 0 Å². The molecular formula is C16H24BrNO2. The van der Waals surface area contributed by atoms with Crippen LogP contribution in [0, 0.1) is 5.92 Å². The summed E-state index contributed by atoms with van der Waals surface area (Å²) in [5.41, 5.74) is 1.23. The van der Waals surface area contributed by atoms with E-state index in [1.807, 2.05) is 0 Å². The van der Waals surface area contributed by atoms with E-state index in [2.05, 4.69) is 47.2 Å². The maximum atomic E-state index is 5.44. The molecule has 0 bridgehead atoms. The predicted octanol–water partition coefficient (Wildman–Crippen LogP) is 4.48. The van der Waals surface area contributed by atoms with E-state index in [4.69, 9.17) is 9.47 Å². The topological polar surface area (TPSA) is 30.5 Å². The van der Waals surface area contributed by atoms with Gasteiger partial charge in [0, 0.05) is 6.54 Å². The summed E-state index contributed by atoms with van der Waals surface area (Å²) in [5.74, 6) is 2.45. The molecule has 0 saturated carbocycles. The molecule has 0 radical (unpaired) electrons. The molecule has 0 amide bonds. The standard InChI is InChI=1S/C16H24BrNO2/c1-3-5-6-12(4-2)9-18-10-13-7-14(17)16-15(8-13)19-11-20-16/h7-8,12,18H,3-6,9-11H2,1-2H3. The Labute approximate surface area is 130 Å². The molecule has 0 saturated heterocycles. The summed E-state index contributed by atoms with van der Waals surface area (Å²) in [6.45, 7) is 6.81. The van der Waals surface area contributed by atoms with E-state index in [0.29, 0.717) is 6.79 Å². The van der Waals surface area contributed by atoms with E-state index >= 15 is 0 Å². The lowest BCUT2D eigenvalue weighted by Gasteiger charge is -2.15. The van der Waals surface area contributed by atoms with Gasteiger partial charge in [-0.15, -0.1) is 0 Å². The van der Waals surface area contributed by atoms with Gasteiger partial charge in [-0.25, -0.2) is 0 Å². The second-order valence-electron chi connectivity index (χ2n) is 5.36. The van der Waals surface area contributed by atoms with Crippen LogP contribution in [0.3, 0.4) is 0 Å². The van der Waals surface area contributed by atoms with Crippen LogP contribution in [0.2, 0.25) is 0 Å². The number of benzene rings is 1. The van der Waals surface area contributed by atoms with Crippen LogP contribution in [0.25, 0.3) is 0 Å². The molecule has 0 spiro atoms. The van der Waals surface area contributed by atoms with Crippen molar-refractivity contribution in [2.45, 2.75) is 46.1 Å². The molecule has 1 aliphatic heterocycles. The van der Waals surface area contributed by atoms with Crippen molar-refractivity contribution in [1.82, 2.24) is 5.32 Å². The Kier molecular flexibility index (Phi) is 6.17. The van der Waals surface area contributed by atoms with E-state index in [9.17, 15) is 0 Å². The van der Waals surface area contributed by atoms with Crippen LogP contribution in [0.15, 0.2) is 16.6 Å². The number of fused-ring (bicyclic) bond motifs is 1. The Morgan fingerprint density at radius 3 is 2.90 bits per heavy atom. The smallest absolute Gasteiger partial charge is 0.231 e. The Morgan fingerprint density at radius 2 is 2.15 bits per heavy atom. The molecule has 1 heterocycles. The average Bonchev–Trinajstić information content (AvgIpc) is 2.91. The summed E-state index contributed by atoms with van der Waals surface area (Å²) in [4.78, 5) is 0. The van der Waals surface area contributed by atoms with Gasteiger partial charge in [0.25, 0.3) is 0 Å². The third-order valence-electron chi connectivity index (χ3n) is 3.79. The van der Waals surface area contributed by atoms with Gasteiger partial charge in [0.2, 0.25) is 6.79 Å². The lowest BCUT2D eigenvalue weighted by molar-refractivity contribution is 0.173. The minimum Gasteiger partial charge on any atom is -0.454 e. The monoisotopic (exact) mass is 341 g/mol. The van der Waals surface area contributed by atoms with Gasteiger partial charge in [0.15, 0.2) is 11.5 Å². The molecule has 20 heavy (non-hydrogen) atoms. The van der Waals surface area contributed by atoms with Crippen LogP contribution in [0.5, 0.6) is 11.5 Å². The van der Waals surface area contributed by atoms with Crippen molar-refractivity contribution in [3.8, 4) is 11.5 Å². The number of hydrogen-bond donors (Lipinski definition) is 1. The molecule has 1 unspecified atom stereocenters. The molecule has 3 nitrogen and oxygen atoms in total. The normalized spacial score (nSPS) is 14.6. The summed E-state index contributed by atoms with van der Waals surface area (Å²) >= 11 is 3.53. The molecule has 0 aliphatic carbocycles. The third-order valence-corrected chi connectivity index (χ3v) is 4.38. The SMILES string of the molecule is CCCCC(CC)CNCc1cc(Br)c2c(c1)OCO2. The highest BCUT2D eigenvalue weighted by Crippen LogP contribution is 2.39. The minimum absolute atomic E-state index is 0.319. The van der Waals surface area contributed by atoms with Gasteiger partial charge < -0.3 is 14.8 Å². The summed E-state index contributed by atoms with van der Waals surface area (Å²) in [6.07, 6.45) is 5.18. The number of hydrogen-bond acceptors (Lipinski definition) is 3. The number of rotatable bonds is 8. The molecule has 4 heteroatoms. The highest BCUT2D eigenvalue weighted by Gasteiger charge is 2.17. The van der Waals surface area contributed by atoms with Gasteiger partial charge in [-0.05, 0) is 52.5 Å². The van der Waals surface area contributed by atoms with Crippen molar-refractivity contribution in [1.29, 1.82) is 0 Å². The van der Waals surface area contributed by atoms with Gasteiger partial charge in [0.1, 0.15) is 0 Å². The first-order valence-electron chi connectivity index (χ1n) is 7.53. The molecular weight excluding hydrogens is 318 g/mol. The number of ether oxygens (including phenoxy) is 2. The first-order chi connectivity index (χ1) is 9.74. The largest absolute Gasteiger partial charge is 0.454 e. The van der Waals surface area contributed by atoms with Gasteiger partial charge >= 0.3 is 0 Å². The molecule has 1 atom stereocenters. The Hall–Kier alpha value is -0.740. The van der Waals surface area contributed by atoms with E-state index in [0.717, 1.165) is 35.0 Å². The summed E-state index contributed by atoms with van der Waals surface area (Å²) in [5, 5.41) is 3.56. The third kappa shape index (κ3) is 4.13. The Bertz CT molecular complexity index is 437. The zero-order valence-corrected chi connectivity index (χ0v) is 14.0. The first kappa shape index (κ1) is 15.6. The fourth-order valence-corrected chi connectivity index (χ4v) is 3.09. The second-order valence-corrected chi connectivity index (χ2v) is 6.21. The molecule has 0 fully saturated rings. The van der Waals surface area contributed by atoms with Crippen molar-refractivity contribution < 1.29 is 9.47 Å². The van der Waals surface area contributed by atoms with Crippen molar-refractivity contribution in [2.24, 2.45) is 5.92 Å². The molecule has 1 N–H and O–H groups in total. The minimum atomic E-state index is 0.319. The number of unbranched alkanes of at least 4 members (excludes halogenated alkanes) is 1. The zero-order valence-electron chi connectivity index (χ0n) is 12.4. The van der Waals surface area contributed by atoms with Crippen molar-refractivity contribution in [3.05, 3.63) is 22.2 Å². The fraction of sp³-hybridized carbons (Fsp3) is 0.625. The molecule has 1 aromatic carbocycles. The first-order valence-corrected chi connectivity index (χ1v) is 8.32. The van der Waals surface area contributed by atoms with Crippen LogP contribution >= 0.6 is 15.9 Å². The number of nitrogens with one attached hydrogen (secondary N) is 1. The number of halogens is 1. The highest BCUT2D eigenvalue weighted by atomic mass is 79.9. The molecule has 1 aromatic rings. The quantitative estimate of drug-likeness (QED) is 0.755. The second kappa shape index (κ2) is 7.89. The summed E-state index contributed by atoms with van der Waals surface area (Å²) in [6, 6.07) is 4.17. The summed E-state index contributed by atoms with van der Waals surface area (Å²) in [7, 11) is 0. The fourth-order valence-electron chi connectivity index (χ4n) is 2.49. The average molecular weight is 342 g/mol. The van der Waals surface area contributed by atoms with Crippen LogP contribution in [-0.4, -0.2) is 13.3 Å². The molecule has 2 rings (SSSR count). The summed E-state index contributed by atoms with van der Waals surface area (Å²) < 4.78 is 11.8. The van der Waals surface area contributed by atoms with Crippen molar-refractivity contribution in [3.63, 3.8) is 0 Å². The van der Waals surface area contributed by atoms with Gasteiger partial charge in [0.05, 0.1) is 4.47 Å². The van der Waals surface area contributed by atoms with Crippen molar-refractivity contribution in [2.75, 3.05) is 13.3 Å². The van der Waals surface area contributed by atoms with Crippen LogP contribution in [0.4, 0.5) is 0 Å². The lowest BCUT2D eigenvalue weighted by atomic mass is 9.99. The molecule has 112 valence electrons. The van der Waals surface area contributed by atoms with Crippen LogP contribution in [-0.2, 0) is 6.54 Å². The van der Waals surface area contributed by atoms with E-state index in [1.165, 1.54) is 31.2 Å². The molecule has 1 aliphatic rings. The Morgan fingerprint density at radius 1 is 1.30 bits per heavy atom. The maximum Gasteiger partial charge on any atom is 0.231 e. The van der Waals surface area contributed by atoms with Gasteiger partial charge in [-0.1, -0.05) is 33.1 Å². The van der Waals surface area contributed by atoms with E-state index < -0.39 is 0 Å². The highest BCUT2D eigenvalue weighted by molar-refractivity contribution is 9.10. The predicted molar refractivity (Wildman–Crippen MR) is 85.3 cm³/mol. The van der Waals surface area contributed by atoms with Crippen LogP contribution < -0.4 is 14.8 Å². The lowest BCUT2D eigenvalue weighted by Crippen LogP contribution is -2.22. The van der Waals surface area contributed by atoms with E-state index in [-0.39, 0.29) is 0 Å². The Balaban J connectivity index is 1.83. The van der Waals surface area contributed by atoms with Gasteiger partial charge in [-0.2, -0.15) is 0 Å². The van der Waals surface area contributed by atoms with Gasteiger partial charge in [-0.3, -0.25) is 0 Å². The molecule has 0 aromatic heterocycles. The van der Waals surface area contributed by atoms with Crippen LogP contribution in [0.1, 0.15) is 45.1 Å². The maximum absolute atomic E-state index is 5.44. The van der Waals surface area contributed by atoms with Crippen molar-refractivity contribution >= 4 is 15.9 Å².